The number of rotatable bonds is 12. The minimum Gasteiger partial charge on any atom is -0.347 e. The van der Waals surface area contributed by atoms with E-state index in [9.17, 15) is 9.59 Å². The van der Waals surface area contributed by atoms with Gasteiger partial charge in [0.1, 0.15) is 0 Å². The standard InChI is InChI=1S/C19H28BrN3O2/c1-2-3-4-5-6-7-8-12-18(24)21-15-19(25)23-22-14-16-10-9-11-17(20)13-16/h9-11,13-14H,2-8,12,15H2,1H3,(H,21,24)(H,23,25). The molecule has 0 atom stereocenters. The zero-order chi connectivity index (χ0) is 18.3. The number of hydrogen-bond acceptors (Lipinski definition) is 3. The van der Waals surface area contributed by atoms with Gasteiger partial charge >= 0.3 is 0 Å². The van der Waals surface area contributed by atoms with Crippen LogP contribution in [0.3, 0.4) is 0 Å². The normalized spacial score (nSPS) is 10.8. The van der Waals surface area contributed by atoms with Crippen molar-refractivity contribution in [3.05, 3.63) is 34.3 Å². The number of benzene rings is 1. The van der Waals surface area contributed by atoms with Crippen LogP contribution in [0.5, 0.6) is 0 Å². The van der Waals surface area contributed by atoms with Gasteiger partial charge in [0.15, 0.2) is 0 Å². The Balaban J connectivity index is 2.08. The highest BCUT2D eigenvalue weighted by atomic mass is 79.9. The molecule has 1 rings (SSSR count). The average Bonchev–Trinajstić information content (AvgIpc) is 2.59. The fraction of sp³-hybridized carbons (Fsp3) is 0.526. The average molecular weight is 410 g/mol. The monoisotopic (exact) mass is 409 g/mol. The topological polar surface area (TPSA) is 70.6 Å². The maximum absolute atomic E-state index is 11.7. The van der Waals surface area contributed by atoms with E-state index in [1.807, 2.05) is 24.3 Å². The lowest BCUT2D eigenvalue weighted by Crippen LogP contribution is -2.34. The summed E-state index contributed by atoms with van der Waals surface area (Å²) in [5, 5.41) is 6.49. The van der Waals surface area contributed by atoms with Crippen molar-refractivity contribution >= 4 is 34.0 Å². The van der Waals surface area contributed by atoms with Gasteiger partial charge in [-0.3, -0.25) is 9.59 Å². The first kappa shape index (κ1) is 21.4. The van der Waals surface area contributed by atoms with Crippen molar-refractivity contribution in [2.75, 3.05) is 6.54 Å². The summed E-state index contributed by atoms with van der Waals surface area (Å²) in [6, 6.07) is 7.57. The van der Waals surface area contributed by atoms with Gasteiger partial charge in [0.2, 0.25) is 5.91 Å². The highest BCUT2D eigenvalue weighted by molar-refractivity contribution is 9.10. The maximum atomic E-state index is 11.7. The molecule has 2 amide bonds. The molecular formula is C19H28BrN3O2. The van der Waals surface area contributed by atoms with E-state index in [0.29, 0.717) is 6.42 Å². The van der Waals surface area contributed by atoms with Crippen LogP contribution in [0.25, 0.3) is 0 Å². The highest BCUT2D eigenvalue weighted by Gasteiger charge is 2.04. The molecule has 0 bridgehead atoms. The number of hydrazone groups is 1. The molecule has 0 aliphatic rings. The number of nitrogens with one attached hydrogen (secondary N) is 2. The predicted octanol–water partition coefficient (Wildman–Crippen LogP) is 4.16. The Kier molecular flexibility index (Phi) is 11.6. The van der Waals surface area contributed by atoms with Crippen molar-refractivity contribution in [3.8, 4) is 0 Å². The van der Waals surface area contributed by atoms with Crippen LogP contribution in [0, 0.1) is 0 Å². The molecule has 1 aromatic carbocycles. The molecule has 0 unspecified atom stereocenters. The first-order valence-electron chi connectivity index (χ1n) is 8.96. The van der Waals surface area contributed by atoms with Gasteiger partial charge in [0, 0.05) is 10.9 Å². The summed E-state index contributed by atoms with van der Waals surface area (Å²) in [5.41, 5.74) is 3.28. The summed E-state index contributed by atoms with van der Waals surface area (Å²) in [4.78, 5) is 23.3. The molecule has 1 aromatic rings. The van der Waals surface area contributed by atoms with Gasteiger partial charge in [0.05, 0.1) is 12.8 Å². The van der Waals surface area contributed by atoms with Crippen LogP contribution in [0.2, 0.25) is 0 Å². The van der Waals surface area contributed by atoms with Crippen LogP contribution in [0.1, 0.15) is 63.9 Å². The Morgan fingerprint density at radius 2 is 1.80 bits per heavy atom. The van der Waals surface area contributed by atoms with Crippen molar-refractivity contribution in [1.29, 1.82) is 0 Å². The van der Waals surface area contributed by atoms with Crippen LogP contribution in [0.4, 0.5) is 0 Å². The summed E-state index contributed by atoms with van der Waals surface area (Å²) in [7, 11) is 0. The zero-order valence-corrected chi connectivity index (χ0v) is 16.5. The molecule has 25 heavy (non-hydrogen) atoms. The van der Waals surface area contributed by atoms with Gasteiger partial charge < -0.3 is 5.32 Å². The van der Waals surface area contributed by atoms with Crippen LogP contribution in [0.15, 0.2) is 33.8 Å². The molecule has 0 heterocycles. The highest BCUT2D eigenvalue weighted by Crippen LogP contribution is 2.10. The van der Waals surface area contributed by atoms with Gasteiger partial charge in [-0.15, -0.1) is 0 Å². The van der Waals surface area contributed by atoms with Gasteiger partial charge in [-0.05, 0) is 24.1 Å². The second-order valence-corrected chi connectivity index (χ2v) is 6.91. The molecule has 2 N–H and O–H groups in total. The van der Waals surface area contributed by atoms with Crippen LogP contribution >= 0.6 is 15.9 Å². The molecule has 0 radical (unpaired) electrons. The number of carbonyl (C=O) groups excluding carboxylic acids is 2. The van der Waals surface area contributed by atoms with Crippen molar-refractivity contribution in [2.45, 2.75) is 58.3 Å². The van der Waals surface area contributed by atoms with E-state index in [1.165, 1.54) is 32.1 Å². The Morgan fingerprint density at radius 1 is 1.08 bits per heavy atom. The SMILES string of the molecule is CCCCCCCCCC(=O)NCC(=O)NN=Cc1cccc(Br)c1. The third kappa shape index (κ3) is 11.5. The zero-order valence-electron chi connectivity index (χ0n) is 14.9. The molecule has 0 saturated carbocycles. The summed E-state index contributed by atoms with van der Waals surface area (Å²) < 4.78 is 0.945. The quantitative estimate of drug-likeness (QED) is 0.309. The molecule has 0 saturated heterocycles. The van der Waals surface area contributed by atoms with Gasteiger partial charge in [-0.1, -0.05) is 73.5 Å². The Hall–Kier alpha value is -1.69. The molecule has 0 aromatic heterocycles. The van der Waals surface area contributed by atoms with Crippen LogP contribution in [-0.2, 0) is 9.59 Å². The predicted molar refractivity (Wildman–Crippen MR) is 105 cm³/mol. The number of halogens is 1. The lowest BCUT2D eigenvalue weighted by atomic mass is 10.1. The first-order chi connectivity index (χ1) is 12.1. The Morgan fingerprint density at radius 3 is 2.52 bits per heavy atom. The molecule has 0 aliphatic carbocycles. The van der Waals surface area contributed by atoms with Gasteiger partial charge in [-0.2, -0.15) is 5.10 Å². The summed E-state index contributed by atoms with van der Waals surface area (Å²) >= 11 is 3.37. The molecule has 0 fully saturated rings. The van der Waals surface area contributed by atoms with Crippen LogP contribution in [-0.4, -0.2) is 24.6 Å². The van der Waals surface area contributed by atoms with E-state index in [4.69, 9.17) is 0 Å². The second-order valence-electron chi connectivity index (χ2n) is 6.00. The minimum absolute atomic E-state index is 0.0504. The fourth-order valence-electron chi connectivity index (χ4n) is 2.32. The fourth-order valence-corrected chi connectivity index (χ4v) is 2.73. The maximum Gasteiger partial charge on any atom is 0.259 e. The lowest BCUT2D eigenvalue weighted by molar-refractivity contribution is -0.126. The number of unbranched alkanes of at least 4 members (excludes halogenated alkanes) is 6. The largest absolute Gasteiger partial charge is 0.347 e. The van der Waals surface area contributed by atoms with Gasteiger partial charge in [-0.25, -0.2) is 5.43 Å². The third-order valence-electron chi connectivity index (χ3n) is 3.71. The first-order valence-corrected chi connectivity index (χ1v) is 9.75. The molecular weight excluding hydrogens is 382 g/mol. The molecule has 5 nitrogen and oxygen atoms in total. The van der Waals surface area contributed by atoms with E-state index in [-0.39, 0.29) is 18.4 Å². The lowest BCUT2D eigenvalue weighted by Gasteiger charge is -2.04. The van der Waals surface area contributed by atoms with Crippen molar-refractivity contribution in [1.82, 2.24) is 10.7 Å². The Bertz CT molecular complexity index is 561. The van der Waals surface area contributed by atoms with Crippen molar-refractivity contribution in [3.63, 3.8) is 0 Å². The number of nitrogens with zero attached hydrogens (tertiary/aromatic N) is 1. The van der Waals surface area contributed by atoms with Gasteiger partial charge in [0.25, 0.3) is 5.91 Å². The number of amides is 2. The van der Waals surface area contributed by atoms with Crippen molar-refractivity contribution in [2.24, 2.45) is 5.10 Å². The summed E-state index contributed by atoms with van der Waals surface area (Å²) in [6.07, 6.45) is 10.2. The second kappa shape index (κ2) is 13.6. The van der Waals surface area contributed by atoms with Crippen LogP contribution < -0.4 is 10.7 Å². The summed E-state index contributed by atoms with van der Waals surface area (Å²) in [5.74, 6) is -0.418. The Labute approximate surface area is 158 Å². The molecule has 138 valence electrons. The van der Waals surface area contributed by atoms with Crippen molar-refractivity contribution < 1.29 is 9.59 Å². The van der Waals surface area contributed by atoms with E-state index >= 15 is 0 Å². The minimum atomic E-state index is -0.334. The number of hydrogen-bond donors (Lipinski definition) is 2. The molecule has 6 heteroatoms. The number of carbonyl (C=O) groups is 2. The molecule has 0 aliphatic heterocycles. The molecule has 0 spiro atoms. The van der Waals surface area contributed by atoms with E-state index in [2.05, 4.69) is 38.7 Å². The van der Waals surface area contributed by atoms with E-state index in [0.717, 1.165) is 22.9 Å². The van der Waals surface area contributed by atoms with E-state index < -0.39 is 0 Å². The summed E-state index contributed by atoms with van der Waals surface area (Å²) in [6.45, 7) is 2.15. The van der Waals surface area contributed by atoms with E-state index in [1.54, 1.807) is 6.21 Å². The smallest absolute Gasteiger partial charge is 0.259 e. The third-order valence-corrected chi connectivity index (χ3v) is 4.20.